The highest BCUT2D eigenvalue weighted by Gasteiger charge is 2.23. The highest BCUT2D eigenvalue weighted by atomic mass is 32.2. The molecule has 0 spiro atoms. The first-order valence-electron chi connectivity index (χ1n) is 8.20. The number of nitrogens with zero attached hydrogens (tertiary/aromatic N) is 1. The maximum atomic E-state index is 12.3. The Morgan fingerprint density at radius 2 is 2.04 bits per heavy atom. The number of carbonyl (C=O) groups excluding carboxylic acids is 1. The molecule has 1 aliphatic heterocycles. The van der Waals surface area contributed by atoms with Crippen molar-refractivity contribution in [3.63, 3.8) is 0 Å². The molecule has 0 aromatic heterocycles. The van der Waals surface area contributed by atoms with E-state index in [0.29, 0.717) is 19.5 Å². The Labute approximate surface area is 139 Å². The average molecular weight is 338 g/mol. The molecule has 2 rings (SSSR count). The van der Waals surface area contributed by atoms with Gasteiger partial charge in [-0.15, -0.1) is 0 Å². The summed E-state index contributed by atoms with van der Waals surface area (Å²) < 4.78 is 24.9. The maximum Gasteiger partial charge on any atom is 0.222 e. The number of hydrogen-bond donors (Lipinski definition) is 1. The van der Waals surface area contributed by atoms with E-state index in [4.69, 9.17) is 0 Å². The van der Waals surface area contributed by atoms with Crippen LogP contribution in [-0.2, 0) is 21.2 Å². The van der Waals surface area contributed by atoms with E-state index >= 15 is 0 Å². The van der Waals surface area contributed by atoms with E-state index in [1.54, 1.807) is 0 Å². The Balaban J connectivity index is 1.73. The molecule has 1 N–H and O–H groups in total. The van der Waals surface area contributed by atoms with E-state index in [0.717, 1.165) is 32.2 Å². The van der Waals surface area contributed by atoms with Gasteiger partial charge in [-0.05, 0) is 37.2 Å². The van der Waals surface area contributed by atoms with Gasteiger partial charge in [-0.25, -0.2) is 13.1 Å². The monoisotopic (exact) mass is 338 g/mol. The Morgan fingerprint density at radius 1 is 1.30 bits per heavy atom. The average Bonchev–Trinajstić information content (AvgIpc) is 2.53. The van der Waals surface area contributed by atoms with Crippen LogP contribution in [0.25, 0.3) is 0 Å². The van der Waals surface area contributed by atoms with Crippen LogP contribution in [0.4, 0.5) is 0 Å². The van der Waals surface area contributed by atoms with Gasteiger partial charge in [0.1, 0.15) is 0 Å². The number of nitrogens with one attached hydrogen (secondary N) is 1. The zero-order valence-corrected chi connectivity index (χ0v) is 14.5. The van der Waals surface area contributed by atoms with Crippen molar-refractivity contribution in [2.45, 2.75) is 32.1 Å². The van der Waals surface area contributed by atoms with Crippen LogP contribution in [0.15, 0.2) is 30.3 Å². The number of amides is 1. The van der Waals surface area contributed by atoms with E-state index in [2.05, 4.69) is 16.9 Å². The Hall–Kier alpha value is -1.40. The van der Waals surface area contributed by atoms with Crippen LogP contribution in [0, 0.1) is 5.92 Å². The van der Waals surface area contributed by atoms with Gasteiger partial charge < -0.3 is 4.90 Å². The fraction of sp³-hybridized carbons (Fsp3) is 0.588. The first kappa shape index (κ1) is 17.9. The molecule has 6 heteroatoms. The zero-order chi connectivity index (χ0) is 16.7. The van der Waals surface area contributed by atoms with Gasteiger partial charge in [0.2, 0.25) is 15.9 Å². The van der Waals surface area contributed by atoms with Crippen LogP contribution in [0.1, 0.15) is 31.2 Å². The Bertz CT molecular complexity index is 602. The number of carbonyl (C=O) groups is 1. The molecule has 1 saturated heterocycles. The van der Waals surface area contributed by atoms with Gasteiger partial charge >= 0.3 is 0 Å². The lowest BCUT2D eigenvalue weighted by atomic mass is 9.97. The van der Waals surface area contributed by atoms with Crippen LogP contribution in [0.2, 0.25) is 0 Å². The minimum absolute atomic E-state index is 0.185. The van der Waals surface area contributed by atoms with Gasteiger partial charge in [0.15, 0.2) is 0 Å². The molecule has 128 valence electrons. The molecule has 1 aromatic carbocycles. The van der Waals surface area contributed by atoms with E-state index in [1.165, 1.54) is 11.8 Å². The first-order chi connectivity index (χ1) is 10.9. The second kappa shape index (κ2) is 8.45. The van der Waals surface area contributed by atoms with Crippen molar-refractivity contribution in [1.29, 1.82) is 0 Å². The van der Waals surface area contributed by atoms with E-state index in [1.807, 2.05) is 23.1 Å². The largest absolute Gasteiger partial charge is 0.342 e. The third kappa shape index (κ3) is 6.71. The molecule has 1 unspecified atom stereocenters. The van der Waals surface area contributed by atoms with Crippen molar-refractivity contribution in [2.24, 2.45) is 5.92 Å². The molecule has 1 aliphatic rings. The van der Waals surface area contributed by atoms with E-state index < -0.39 is 10.0 Å². The van der Waals surface area contributed by atoms with Crippen LogP contribution in [0.5, 0.6) is 0 Å². The van der Waals surface area contributed by atoms with Crippen molar-refractivity contribution in [2.75, 3.05) is 25.9 Å². The molecular formula is C17H26N2O3S. The SMILES string of the molecule is CS(=O)(=O)NCC1CCCN(C(=O)CCCc2ccccc2)C1. The molecule has 23 heavy (non-hydrogen) atoms. The topological polar surface area (TPSA) is 66.5 Å². The number of sulfonamides is 1. The summed E-state index contributed by atoms with van der Waals surface area (Å²) in [6.07, 6.45) is 5.41. The molecule has 0 radical (unpaired) electrons. The normalized spacial score (nSPS) is 18.8. The van der Waals surface area contributed by atoms with Crippen LogP contribution in [-0.4, -0.2) is 45.1 Å². The highest BCUT2D eigenvalue weighted by molar-refractivity contribution is 7.88. The molecule has 1 amide bonds. The highest BCUT2D eigenvalue weighted by Crippen LogP contribution is 2.17. The lowest BCUT2D eigenvalue weighted by Crippen LogP contribution is -2.43. The first-order valence-corrected chi connectivity index (χ1v) is 10.1. The summed E-state index contributed by atoms with van der Waals surface area (Å²) in [6, 6.07) is 10.2. The van der Waals surface area contributed by atoms with Crippen LogP contribution < -0.4 is 4.72 Å². The molecule has 1 heterocycles. The zero-order valence-electron chi connectivity index (χ0n) is 13.7. The van der Waals surface area contributed by atoms with Gasteiger partial charge in [-0.1, -0.05) is 30.3 Å². The van der Waals surface area contributed by atoms with E-state index in [9.17, 15) is 13.2 Å². The quantitative estimate of drug-likeness (QED) is 0.824. The van der Waals surface area contributed by atoms with Gasteiger partial charge in [-0.3, -0.25) is 4.79 Å². The minimum Gasteiger partial charge on any atom is -0.342 e. The second-order valence-corrected chi connectivity index (χ2v) is 8.14. The molecule has 0 aliphatic carbocycles. The lowest BCUT2D eigenvalue weighted by molar-refractivity contribution is -0.133. The van der Waals surface area contributed by atoms with Gasteiger partial charge in [0.25, 0.3) is 0 Å². The molecule has 5 nitrogen and oxygen atoms in total. The molecule has 1 fully saturated rings. The Kier molecular flexibility index (Phi) is 6.59. The standard InChI is InChI=1S/C17H26N2O3S/c1-23(21,22)18-13-16-10-6-12-19(14-16)17(20)11-5-9-15-7-3-2-4-8-15/h2-4,7-8,16,18H,5-6,9-14H2,1H3. The van der Waals surface area contributed by atoms with Crippen molar-refractivity contribution < 1.29 is 13.2 Å². The summed E-state index contributed by atoms with van der Waals surface area (Å²) >= 11 is 0. The fourth-order valence-corrected chi connectivity index (χ4v) is 3.51. The predicted molar refractivity (Wildman–Crippen MR) is 91.5 cm³/mol. The minimum atomic E-state index is -3.16. The van der Waals surface area contributed by atoms with Gasteiger partial charge in [0, 0.05) is 26.1 Å². The third-order valence-electron chi connectivity index (χ3n) is 4.20. The molecule has 1 aromatic rings. The molecular weight excluding hydrogens is 312 g/mol. The van der Waals surface area contributed by atoms with Crippen molar-refractivity contribution in [3.05, 3.63) is 35.9 Å². The van der Waals surface area contributed by atoms with Crippen molar-refractivity contribution in [1.82, 2.24) is 9.62 Å². The second-order valence-electron chi connectivity index (χ2n) is 6.31. The number of benzene rings is 1. The smallest absolute Gasteiger partial charge is 0.222 e. The summed E-state index contributed by atoms with van der Waals surface area (Å²) in [5.74, 6) is 0.404. The lowest BCUT2D eigenvalue weighted by Gasteiger charge is -2.33. The molecule has 1 atom stereocenters. The number of hydrogen-bond acceptors (Lipinski definition) is 3. The Morgan fingerprint density at radius 3 is 2.74 bits per heavy atom. The summed E-state index contributed by atoms with van der Waals surface area (Å²) in [7, 11) is -3.16. The summed E-state index contributed by atoms with van der Waals surface area (Å²) in [5.41, 5.74) is 1.26. The fourth-order valence-electron chi connectivity index (χ4n) is 2.97. The van der Waals surface area contributed by atoms with Gasteiger partial charge in [-0.2, -0.15) is 0 Å². The van der Waals surface area contributed by atoms with Crippen LogP contribution in [0.3, 0.4) is 0 Å². The molecule has 0 saturated carbocycles. The number of rotatable bonds is 7. The van der Waals surface area contributed by atoms with Crippen molar-refractivity contribution >= 4 is 15.9 Å². The summed E-state index contributed by atoms with van der Waals surface area (Å²) in [6.45, 7) is 1.87. The summed E-state index contributed by atoms with van der Waals surface area (Å²) in [5, 5.41) is 0. The summed E-state index contributed by atoms with van der Waals surface area (Å²) in [4.78, 5) is 14.2. The van der Waals surface area contributed by atoms with Crippen LogP contribution >= 0.6 is 0 Å². The molecule has 0 bridgehead atoms. The number of likely N-dealkylation sites (tertiary alicyclic amines) is 1. The number of piperidine rings is 1. The number of aryl methyl sites for hydroxylation is 1. The van der Waals surface area contributed by atoms with Gasteiger partial charge in [0.05, 0.1) is 6.26 Å². The van der Waals surface area contributed by atoms with E-state index in [-0.39, 0.29) is 11.8 Å². The predicted octanol–water partition coefficient (Wildman–Crippen LogP) is 1.80. The maximum absolute atomic E-state index is 12.3. The van der Waals surface area contributed by atoms with Crippen molar-refractivity contribution in [3.8, 4) is 0 Å². The third-order valence-corrected chi connectivity index (χ3v) is 4.90.